The van der Waals surface area contributed by atoms with E-state index < -0.39 is 0 Å². The Balaban J connectivity index is 1.34. The number of pyridine rings is 2. The highest BCUT2D eigenvalue weighted by Gasteiger charge is 2.22. The van der Waals surface area contributed by atoms with Gasteiger partial charge in [-0.05, 0) is 100 Å². The van der Waals surface area contributed by atoms with Crippen molar-refractivity contribution >= 4 is 22.6 Å². The number of carbonyl (C=O) groups excluding carboxylic acids is 1. The minimum Gasteiger partial charge on any atom is -0.354 e. The number of aryl methyl sites for hydroxylation is 3. The number of rotatable bonds is 6. The van der Waals surface area contributed by atoms with Gasteiger partial charge in [0, 0.05) is 79.4 Å². The number of nitrogens with zero attached hydrogens (tertiary/aromatic N) is 4. The van der Waals surface area contributed by atoms with Gasteiger partial charge in [0.05, 0.1) is 5.52 Å². The first-order valence-electron chi connectivity index (χ1n) is 14.9. The van der Waals surface area contributed by atoms with Crippen LogP contribution < -0.4 is 15.8 Å². The number of amides is 1. The molecule has 1 fully saturated rings. The molecule has 0 bridgehead atoms. The van der Waals surface area contributed by atoms with Crippen LogP contribution in [0.1, 0.15) is 58.1 Å². The molecule has 0 spiro atoms. The molecule has 1 aliphatic carbocycles. The van der Waals surface area contributed by atoms with E-state index in [9.17, 15) is 9.59 Å². The van der Waals surface area contributed by atoms with Gasteiger partial charge in [0.25, 0.3) is 11.5 Å². The average Bonchev–Trinajstić information content (AvgIpc) is 3.43. The van der Waals surface area contributed by atoms with E-state index in [0.29, 0.717) is 11.1 Å². The number of anilines is 1. The maximum atomic E-state index is 13.8. The Kier molecular flexibility index (Phi) is 7.43. The van der Waals surface area contributed by atoms with Crippen LogP contribution in [0.4, 0.5) is 5.82 Å². The summed E-state index contributed by atoms with van der Waals surface area (Å²) >= 11 is 0. The minimum atomic E-state index is -0.166. The summed E-state index contributed by atoms with van der Waals surface area (Å²) in [6.45, 7) is 11.1. The molecule has 41 heavy (non-hydrogen) atoms. The van der Waals surface area contributed by atoms with Gasteiger partial charge in [0.15, 0.2) is 0 Å². The molecule has 1 aliphatic heterocycles. The fourth-order valence-corrected chi connectivity index (χ4v) is 6.63. The van der Waals surface area contributed by atoms with Crippen molar-refractivity contribution in [2.45, 2.75) is 59.5 Å². The predicted octanol–water partition coefficient (Wildman–Crippen LogP) is 4.59. The first-order chi connectivity index (χ1) is 19.9. The molecule has 2 N–H and O–H groups in total. The molecule has 0 saturated carbocycles. The van der Waals surface area contributed by atoms with E-state index in [-0.39, 0.29) is 18.0 Å². The lowest BCUT2D eigenvalue weighted by Crippen LogP contribution is -2.44. The number of fused-ring (bicyclic) bond motifs is 2. The normalized spacial score (nSPS) is 15.8. The highest BCUT2D eigenvalue weighted by atomic mass is 16.1. The molecular weight excluding hydrogens is 512 g/mol. The second-order valence-corrected chi connectivity index (χ2v) is 11.6. The standard InChI is InChI=1S/C33H40N6O2/c1-5-38-13-12-26-28(23-10-11-30(34-19-23)39-16-14-37(4)15-17-39)18-27(21(2)31(26)38)32(40)35-20-29-25-9-7-6-8-24(25)22(3)36-33(29)41/h10-13,18-19H,5-9,14-17,20H2,1-4H3,(H,35,40)(H,36,41). The van der Waals surface area contributed by atoms with E-state index >= 15 is 0 Å². The number of H-pyrrole nitrogens is 1. The molecule has 8 heteroatoms. The Bertz CT molecular complexity index is 1660. The van der Waals surface area contributed by atoms with Crippen LogP contribution in [-0.2, 0) is 25.9 Å². The maximum absolute atomic E-state index is 13.8. The molecule has 0 radical (unpaired) electrons. The molecule has 6 rings (SSSR count). The first-order valence-corrected chi connectivity index (χ1v) is 14.9. The summed E-state index contributed by atoms with van der Waals surface area (Å²) < 4.78 is 2.19. The molecule has 214 valence electrons. The number of aromatic nitrogens is 3. The zero-order chi connectivity index (χ0) is 28.7. The second kappa shape index (κ2) is 11.2. The largest absolute Gasteiger partial charge is 0.354 e. The van der Waals surface area contributed by atoms with Gasteiger partial charge < -0.3 is 24.7 Å². The lowest BCUT2D eigenvalue weighted by Gasteiger charge is -2.33. The average molecular weight is 553 g/mol. The van der Waals surface area contributed by atoms with Crippen LogP contribution in [0.25, 0.3) is 22.0 Å². The van der Waals surface area contributed by atoms with Crippen molar-refractivity contribution in [3.8, 4) is 11.1 Å². The van der Waals surface area contributed by atoms with E-state index in [1.165, 1.54) is 5.56 Å². The molecule has 2 aliphatic rings. The number of aromatic amines is 1. The van der Waals surface area contributed by atoms with E-state index in [2.05, 4.69) is 63.0 Å². The zero-order valence-corrected chi connectivity index (χ0v) is 24.6. The van der Waals surface area contributed by atoms with Crippen LogP contribution in [0.15, 0.2) is 41.5 Å². The van der Waals surface area contributed by atoms with E-state index in [4.69, 9.17) is 4.98 Å². The Labute approximate surface area is 241 Å². The monoisotopic (exact) mass is 552 g/mol. The highest BCUT2D eigenvalue weighted by Crippen LogP contribution is 2.34. The van der Waals surface area contributed by atoms with Crippen LogP contribution in [0.3, 0.4) is 0 Å². The fourth-order valence-electron chi connectivity index (χ4n) is 6.63. The number of hydrogen-bond acceptors (Lipinski definition) is 5. The number of carbonyl (C=O) groups is 1. The van der Waals surface area contributed by atoms with Crippen molar-refractivity contribution in [2.75, 3.05) is 38.1 Å². The van der Waals surface area contributed by atoms with E-state index in [0.717, 1.165) is 103 Å². The zero-order valence-electron chi connectivity index (χ0n) is 24.6. The molecule has 4 heterocycles. The summed E-state index contributed by atoms with van der Waals surface area (Å²) in [5.74, 6) is 0.821. The van der Waals surface area contributed by atoms with Crippen molar-refractivity contribution in [1.82, 2.24) is 24.8 Å². The van der Waals surface area contributed by atoms with Crippen molar-refractivity contribution < 1.29 is 4.79 Å². The SMILES string of the molecule is CCn1ccc2c(-c3ccc(N4CCN(C)CC4)nc3)cc(C(=O)NCc3c4c(c(C)[nH]c3=O)CCCC4)c(C)c21. The fraction of sp³-hybridized carbons (Fsp3) is 0.424. The molecule has 0 atom stereocenters. The summed E-state index contributed by atoms with van der Waals surface area (Å²) in [4.78, 5) is 39.2. The number of nitrogens with one attached hydrogen (secondary N) is 2. The van der Waals surface area contributed by atoms with Crippen LogP contribution in [-0.4, -0.2) is 58.6 Å². The third kappa shape index (κ3) is 5.05. The molecule has 0 unspecified atom stereocenters. The summed E-state index contributed by atoms with van der Waals surface area (Å²) in [5.41, 5.74) is 8.52. The molecule has 1 amide bonds. The van der Waals surface area contributed by atoms with Gasteiger partial charge in [0.1, 0.15) is 5.82 Å². The van der Waals surface area contributed by atoms with Crippen molar-refractivity contribution in [3.63, 3.8) is 0 Å². The third-order valence-corrected chi connectivity index (χ3v) is 9.06. The smallest absolute Gasteiger partial charge is 0.253 e. The van der Waals surface area contributed by atoms with Gasteiger partial charge in [-0.3, -0.25) is 9.59 Å². The molecular formula is C33H40N6O2. The number of hydrogen-bond donors (Lipinski definition) is 2. The van der Waals surface area contributed by atoms with Gasteiger partial charge in [-0.25, -0.2) is 4.98 Å². The lowest BCUT2D eigenvalue weighted by atomic mass is 9.88. The Morgan fingerprint density at radius 3 is 2.51 bits per heavy atom. The third-order valence-electron chi connectivity index (χ3n) is 9.06. The number of piperazine rings is 1. The lowest BCUT2D eigenvalue weighted by molar-refractivity contribution is 0.0950. The van der Waals surface area contributed by atoms with Gasteiger partial charge in [0.2, 0.25) is 0 Å². The Morgan fingerprint density at radius 1 is 1.05 bits per heavy atom. The molecule has 4 aromatic rings. The quantitative estimate of drug-likeness (QED) is 0.366. The van der Waals surface area contributed by atoms with Gasteiger partial charge in [-0.15, -0.1) is 0 Å². The van der Waals surface area contributed by atoms with E-state index in [1.807, 2.05) is 26.1 Å². The number of benzene rings is 1. The summed E-state index contributed by atoms with van der Waals surface area (Å²) in [5, 5.41) is 4.21. The van der Waals surface area contributed by atoms with E-state index in [1.54, 1.807) is 0 Å². The summed E-state index contributed by atoms with van der Waals surface area (Å²) in [7, 11) is 2.15. The number of likely N-dealkylation sites (N-methyl/N-ethyl adjacent to an activating group) is 1. The van der Waals surface area contributed by atoms with Gasteiger partial charge >= 0.3 is 0 Å². The van der Waals surface area contributed by atoms with Crippen molar-refractivity contribution in [2.24, 2.45) is 0 Å². The minimum absolute atomic E-state index is 0.0947. The Hall–Kier alpha value is -3.91. The van der Waals surface area contributed by atoms with Crippen LogP contribution in [0, 0.1) is 13.8 Å². The predicted molar refractivity (Wildman–Crippen MR) is 165 cm³/mol. The Morgan fingerprint density at radius 2 is 1.80 bits per heavy atom. The van der Waals surface area contributed by atoms with Crippen LogP contribution >= 0.6 is 0 Å². The van der Waals surface area contributed by atoms with Crippen molar-refractivity contribution in [3.05, 3.63) is 80.5 Å². The molecule has 8 nitrogen and oxygen atoms in total. The van der Waals surface area contributed by atoms with Gasteiger partial charge in [-0.2, -0.15) is 0 Å². The molecule has 3 aromatic heterocycles. The van der Waals surface area contributed by atoms with Crippen LogP contribution in [0.2, 0.25) is 0 Å². The molecule has 1 aromatic carbocycles. The maximum Gasteiger partial charge on any atom is 0.253 e. The molecule has 1 saturated heterocycles. The topological polar surface area (TPSA) is 86.3 Å². The second-order valence-electron chi connectivity index (χ2n) is 11.6. The summed E-state index contributed by atoms with van der Waals surface area (Å²) in [6, 6.07) is 8.34. The van der Waals surface area contributed by atoms with Gasteiger partial charge in [-0.1, -0.05) is 0 Å². The first kappa shape index (κ1) is 27.3. The van der Waals surface area contributed by atoms with Crippen LogP contribution in [0.5, 0.6) is 0 Å². The summed E-state index contributed by atoms with van der Waals surface area (Å²) in [6.07, 6.45) is 8.10. The van der Waals surface area contributed by atoms with Crippen molar-refractivity contribution in [1.29, 1.82) is 0 Å². The highest BCUT2D eigenvalue weighted by molar-refractivity contribution is 6.06.